The first kappa shape index (κ1) is 17.3. The van der Waals surface area contributed by atoms with Crippen molar-refractivity contribution >= 4 is 33.7 Å². The minimum absolute atomic E-state index is 0.102. The van der Waals surface area contributed by atoms with Crippen LogP contribution in [0.1, 0.15) is 22.8 Å². The van der Waals surface area contributed by atoms with Crippen molar-refractivity contribution < 1.29 is 4.79 Å². The smallest absolute Gasteiger partial charge is 0.195 e. The standard InChI is InChI=1S/C19H18ClNOS/c1-4-14(11-10-12(2)20)17(22)16-13(3)18(23-19(16)21)15-8-6-5-7-9-15/h4-11H,2,21H2,1,3H3/b11-10-,14-4+. The van der Waals surface area contributed by atoms with Gasteiger partial charge in [0.15, 0.2) is 5.78 Å². The predicted octanol–water partition coefficient (Wildman–Crippen LogP) is 5.74. The van der Waals surface area contributed by atoms with Crippen LogP contribution in [0.5, 0.6) is 0 Å². The Hall–Kier alpha value is -2.10. The van der Waals surface area contributed by atoms with E-state index in [1.807, 2.05) is 44.2 Å². The Balaban J connectivity index is 2.46. The molecule has 0 unspecified atom stereocenters. The highest BCUT2D eigenvalue weighted by atomic mass is 35.5. The highest BCUT2D eigenvalue weighted by molar-refractivity contribution is 7.20. The summed E-state index contributed by atoms with van der Waals surface area (Å²) in [4.78, 5) is 13.8. The third-order valence-corrected chi connectivity index (χ3v) is 4.75. The van der Waals surface area contributed by atoms with Crippen molar-refractivity contribution in [2.75, 3.05) is 5.73 Å². The maximum atomic E-state index is 12.8. The number of Topliss-reactive ketones (excluding diaryl/α,β-unsaturated/α-hetero) is 1. The molecule has 0 fully saturated rings. The van der Waals surface area contributed by atoms with Gasteiger partial charge in [-0.3, -0.25) is 4.79 Å². The number of thiophene rings is 1. The molecule has 23 heavy (non-hydrogen) atoms. The van der Waals surface area contributed by atoms with E-state index in [4.69, 9.17) is 17.3 Å². The lowest BCUT2D eigenvalue weighted by Crippen LogP contribution is -2.05. The third-order valence-electron chi connectivity index (χ3n) is 3.45. The molecule has 1 heterocycles. The van der Waals surface area contributed by atoms with Crippen LogP contribution in [0.25, 0.3) is 10.4 Å². The molecule has 0 bridgehead atoms. The molecule has 4 heteroatoms. The summed E-state index contributed by atoms with van der Waals surface area (Å²) in [6.45, 7) is 7.33. The van der Waals surface area contributed by atoms with Crippen molar-refractivity contribution in [2.24, 2.45) is 0 Å². The molecule has 0 aliphatic heterocycles. The van der Waals surface area contributed by atoms with Crippen LogP contribution in [-0.4, -0.2) is 5.78 Å². The van der Waals surface area contributed by atoms with Crippen molar-refractivity contribution in [2.45, 2.75) is 13.8 Å². The summed E-state index contributed by atoms with van der Waals surface area (Å²) < 4.78 is 0. The summed E-state index contributed by atoms with van der Waals surface area (Å²) in [5.74, 6) is -0.102. The minimum atomic E-state index is -0.102. The van der Waals surface area contributed by atoms with Gasteiger partial charge in [-0.1, -0.05) is 54.6 Å². The van der Waals surface area contributed by atoms with E-state index >= 15 is 0 Å². The van der Waals surface area contributed by atoms with Crippen LogP contribution in [0.3, 0.4) is 0 Å². The molecule has 0 amide bonds. The average molecular weight is 344 g/mol. The SMILES string of the molecule is C=C(Cl)/C=C\C(=C/C)C(=O)c1c(N)sc(-c2ccccc2)c1C. The third kappa shape index (κ3) is 3.81. The van der Waals surface area contributed by atoms with Gasteiger partial charge in [0.2, 0.25) is 0 Å². The fraction of sp³-hybridized carbons (Fsp3) is 0.105. The van der Waals surface area contributed by atoms with Crippen LogP contribution in [0.4, 0.5) is 5.00 Å². The number of nitrogens with two attached hydrogens (primary N) is 1. The normalized spacial score (nSPS) is 11.9. The van der Waals surface area contributed by atoms with Gasteiger partial charge in [0.05, 0.1) is 10.6 Å². The van der Waals surface area contributed by atoms with Gasteiger partial charge in [-0.05, 0) is 37.1 Å². The Bertz CT molecular complexity index is 800. The Kier molecular flexibility index (Phi) is 5.59. The number of halogens is 1. The monoisotopic (exact) mass is 343 g/mol. The van der Waals surface area contributed by atoms with E-state index in [0.717, 1.165) is 16.0 Å². The molecular formula is C19H18ClNOS. The average Bonchev–Trinajstić information content (AvgIpc) is 2.83. The molecular weight excluding hydrogens is 326 g/mol. The van der Waals surface area contributed by atoms with Crippen molar-refractivity contribution in [3.05, 3.63) is 76.9 Å². The van der Waals surface area contributed by atoms with E-state index in [0.29, 0.717) is 21.2 Å². The number of nitrogen functional groups attached to an aromatic ring is 1. The number of carbonyl (C=O) groups excluding carboxylic acids is 1. The summed E-state index contributed by atoms with van der Waals surface area (Å²) in [6.07, 6.45) is 5.01. The quantitative estimate of drug-likeness (QED) is 0.427. The van der Waals surface area contributed by atoms with E-state index in [1.165, 1.54) is 11.3 Å². The van der Waals surface area contributed by atoms with Crippen LogP contribution < -0.4 is 5.73 Å². The summed E-state index contributed by atoms with van der Waals surface area (Å²) in [5.41, 5.74) is 9.20. The molecule has 2 aromatic rings. The van der Waals surface area contributed by atoms with E-state index < -0.39 is 0 Å². The summed E-state index contributed by atoms with van der Waals surface area (Å²) in [5, 5.41) is 0.904. The maximum absolute atomic E-state index is 12.8. The van der Waals surface area contributed by atoms with E-state index in [1.54, 1.807) is 18.2 Å². The first-order valence-corrected chi connectivity index (χ1v) is 8.33. The van der Waals surface area contributed by atoms with E-state index in [9.17, 15) is 4.79 Å². The summed E-state index contributed by atoms with van der Waals surface area (Å²) in [7, 11) is 0. The lowest BCUT2D eigenvalue weighted by atomic mass is 9.98. The maximum Gasteiger partial charge on any atom is 0.195 e. The molecule has 2 rings (SSSR count). The number of ketones is 1. The molecule has 0 saturated carbocycles. The summed E-state index contributed by atoms with van der Waals surface area (Å²) >= 11 is 7.17. The fourth-order valence-corrected chi connectivity index (χ4v) is 3.45. The van der Waals surface area contributed by atoms with Gasteiger partial charge < -0.3 is 5.73 Å². The van der Waals surface area contributed by atoms with Crippen molar-refractivity contribution in [3.8, 4) is 10.4 Å². The number of hydrogen-bond acceptors (Lipinski definition) is 3. The molecule has 1 aromatic carbocycles. The van der Waals surface area contributed by atoms with Crippen LogP contribution >= 0.6 is 22.9 Å². The molecule has 2 nitrogen and oxygen atoms in total. The van der Waals surface area contributed by atoms with E-state index in [2.05, 4.69) is 6.58 Å². The first-order chi connectivity index (χ1) is 11.0. The van der Waals surface area contributed by atoms with Crippen LogP contribution in [-0.2, 0) is 0 Å². The lowest BCUT2D eigenvalue weighted by Gasteiger charge is -2.04. The van der Waals surface area contributed by atoms with Crippen LogP contribution in [0.15, 0.2) is 65.7 Å². The zero-order valence-electron chi connectivity index (χ0n) is 13.1. The van der Waals surface area contributed by atoms with Gasteiger partial charge in [-0.2, -0.15) is 0 Å². The Labute approximate surface area is 145 Å². The lowest BCUT2D eigenvalue weighted by molar-refractivity contribution is 0.103. The number of benzene rings is 1. The van der Waals surface area contributed by atoms with Crippen molar-refractivity contribution in [1.29, 1.82) is 0 Å². The zero-order chi connectivity index (χ0) is 17.0. The van der Waals surface area contributed by atoms with E-state index in [-0.39, 0.29) is 5.78 Å². The van der Waals surface area contributed by atoms with Gasteiger partial charge in [0.1, 0.15) is 0 Å². The molecule has 0 spiro atoms. The number of hydrogen-bond donors (Lipinski definition) is 1. The number of allylic oxidation sites excluding steroid dienone is 5. The van der Waals surface area contributed by atoms with Gasteiger partial charge in [0, 0.05) is 15.5 Å². The molecule has 0 aliphatic carbocycles. The Morgan fingerprint density at radius 3 is 2.48 bits per heavy atom. The van der Waals surface area contributed by atoms with Crippen molar-refractivity contribution in [3.63, 3.8) is 0 Å². The van der Waals surface area contributed by atoms with Gasteiger partial charge in [-0.25, -0.2) is 0 Å². The second kappa shape index (κ2) is 7.44. The van der Waals surface area contributed by atoms with Gasteiger partial charge in [-0.15, -0.1) is 11.3 Å². The number of rotatable bonds is 5. The van der Waals surface area contributed by atoms with Crippen LogP contribution in [0.2, 0.25) is 0 Å². The molecule has 2 N–H and O–H groups in total. The Morgan fingerprint density at radius 2 is 1.91 bits per heavy atom. The first-order valence-electron chi connectivity index (χ1n) is 7.13. The predicted molar refractivity (Wildman–Crippen MR) is 101 cm³/mol. The molecule has 0 saturated heterocycles. The molecule has 1 aromatic heterocycles. The second-order valence-corrected chi connectivity index (χ2v) is 6.55. The highest BCUT2D eigenvalue weighted by Gasteiger charge is 2.21. The fourth-order valence-electron chi connectivity index (χ4n) is 2.31. The van der Waals surface area contributed by atoms with Gasteiger partial charge >= 0.3 is 0 Å². The highest BCUT2D eigenvalue weighted by Crippen LogP contribution is 2.39. The zero-order valence-corrected chi connectivity index (χ0v) is 14.7. The molecule has 0 aliphatic rings. The van der Waals surface area contributed by atoms with Crippen LogP contribution in [0, 0.1) is 6.92 Å². The number of carbonyl (C=O) groups is 1. The topological polar surface area (TPSA) is 43.1 Å². The number of anilines is 1. The van der Waals surface area contributed by atoms with Gasteiger partial charge in [0.25, 0.3) is 0 Å². The molecule has 118 valence electrons. The largest absolute Gasteiger partial charge is 0.390 e. The molecule has 0 radical (unpaired) electrons. The Morgan fingerprint density at radius 1 is 1.26 bits per heavy atom. The summed E-state index contributed by atoms with van der Waals surface area (Å²) in [6, 6.07) is 9.93. The second-order valence-electron chi connectivity index (χ2n) is 5.01. The minimum Gasteiger partial charge on any atom is -0.390 e. The molecule has 0 atom stereocenters. The van der Waals surface area contributed by atoms with Crippen molar-refractivity contribution in [1.82, 2.24) is 0 Å².